The summed E-state index contributed by atoms with van der Waals surface area (Å²) < 4.78 is 0. The monoisotopic (exact) mass is 153 g/mol. The highest BCUT2D eigenvalue weighted by Crippen LogP contribution is 2.07. The third-order valence-corrected chi connectivity index (χ3v) is 1.95. The van der Waals surface area contributed by atoms with Gasteiger partial charge in [0.15, 0.2) is 0 Å². The van der Waals surface area contributed by atoms with Crippen molar-refractivity contribution >= 4 is 0 Å². The standard InChI is InChI=1S/C10H19N/c1-7-10(5,6)11-9(4)8(2)3/h1,8-9,11H,2-6H3. The van der Waals surface area contributed by atoms with Crippen LogP contribution in [0.15, 0.2) is 0 Å². The Morgan fingerprint density at radius 1 is 1.27 bits per heavy atom. The molecule has 0 spiro atoms. The van der Waals surface area contributed by atoms with Crippen LogP contribution in [0.25, 0.3) is 0 Å². The summed E-state index contributed by atoms with van der Waals surface area (Å²) in [5, 5.41) is 3.37. The van der Waals surface area contributed by atoms with Gasteiger partial charge in [-0.1, -0.05) is 19.8 Å². The summed E-state index contributed by atoms with van der Waals surface area (Å²) in [6.45, 7) is 10.6. The molecule has 0 aliphatic rings. The van der Waals surface area contributed by atoms with Gasteiger partial charge in [0.2, 0.25) is 0 Å². The molecule has 0 fully saturated rings. The van der Waals surface area contributed by atoms with Gasteiger partial charge in [0, 0.05) is 6.04 Å². The fourth-order valence-electron chi connectivity index (χ4n) is 0.778. The molecule has 0 aromatic carbocycles. The minimum absolute atomic E-state index is 0.177. The van der Waals surface area contributed by atoms with Crippen LogP contribution in [0.3, 0.4) is 0 Å². The highest BCUT2D eigenvalue weighted by Gasteiger charge is 2.17. The molecule has 0 saturated carbocycles. The van der Waals surface area contributed by atoms with Gasteiger partial charge in [0.25, 0.3) is 0 Å². The lowest BCUT2D eigenvalue weighted by Crippen LogP contribution is -2.45. The third-order valence-electron chi connectivity index (χ3n) is 1.95. The Hall–Kier alpha value is -0.480. The van der Waals surface area contributed by atoms with Crippen molar-refractivity contribution in [1.29, 1.82) is 0 Å². The maximum atomic E-state index is 5.34. The van der Waals surface area contributed by atoms with Crippen molar-refractivity contribution < 1.29 is 0 Å². The van der Waals surface area contributed by atoms with E-state index in [2.05, 4.69) is 32.0 Å². The molecule has 0 heterocycles. The first-order valence-corrected chi connectivity index (χ1v) is 4.14. The molecule has 1 atom stereocenters. The molecule has 0 radical (unpaired) electrons. The summed E-state index contributed by atoms with van der Waals surface area (Å²) in [6.07, 6.45) is 5.34. The quantitative estimate of drug-likeness (QED) is 0.612. The van der Waals surface area contributed by atoms with Crippen molar-refractivity contribution in [2.75, 3.05) is 0 Å². The molecule has 0 aromatic rings. The molecular weight excluding hydrogens is 134 g/mol. The number of nitrogens with one attached hydrogen (secondary N) is 1. The molecule has 1 nitrogen and oxygen atoms in total. The first-order chi connectivity index (χ1) is 4.89. The van der Waals surface area contributed by atoms with Crippen molar-refractivity contribution in [1.82, 2.24) is 5.32 Å². The molecular formula is C10H19N. The van der Waals surface area contributed by atoms with Gasteiger partial charge in [-0.05, 0) is 26.7 Å². The molecule has 1 N–H and O–H groups in total. The zero-order valence-corrected chi connectivity index (χ0v) is 8.23. The summed E-state index contributed by atoms with van der Waals surface area (Å²) in [6, 6.07) is 0.473. The Morgan fingerprint density at radius 2 is 1.73 bits per heavy atom. The van der Waals surface area contributed by atoms with Gasteiger partial charge in [-0.25, -0.2) is 0 Å². The Kier molecular flexibility index (Phi) is 3.62. The van der Waals surface area contributed by atoms with Crippen LogP contribution in [0.4, 0.5) is 0 Å². The van der Waals surface area contributed by atoms with Crippen molar-refractivity contribution in [2.24, 2.45) is 5.92 Å². The first-order valence-electron chi connectivity index (χ1n) is 4.14. The molecule has 1 heteroatoms. The predicted octanol–water partition coefficient (Wildman–Crippen LogP) is 2.03. The van der Waals surface area contributed by atoms with E-state index in [-0.39, 0.29) is 5.54 Å². The maximum absolute atomic E-state index is 5.34. The van der Waals surface area contributed by atoms with E-state index in [1.165, 1.54) is 0 Å². The largest absolute Gasteiger partial charge is 0.299 e. The van der Waals surface area contributed by atoms with E-state index in [1.54, 1.807) is 0 Å². The molecule has 0 aliphatic heterocycles. The van der Waals surface area contributed by atoms with Crippen molar-refractivity contribution in [3.63, 3.8) is 0 Å². The SMILES string of the molecule is C#CC(C)(C)NC(C)C(C)C. The summed E-state index contributed by atoms with van der Waals surface area (Å²) in [5.41, 5.74) is -0.177. The van der Waals surface area contributed by atoms with Crippen LogP contribution >= 0.6 is 0 Å². The lowest BCUT2D eigenvalue weighted by molar-refractivity contribution is 0.354. The fraction of sp³-hybridized carbons (Fsp3) is 0.800. The van der Waals surface area contributed by atoms with Crippen LogP contribution in [-0.4, -0.2) is 11.6 Å². The average molecular weight is 153 g/mol. The van der Waals surface area contributed by atoms with Crippen molar-refractivity contribution in [2.45, 2.75) is 46.2 Å². The second-order valence-electron chi connectivity index (χ2n) is 3.95. The minimum atomic E-state index is -0.177. The number of hydrogen-bond acceptors (Lipinski definition) is 1. The number of rotatable bonds is 3. The Labute approximate surface area is 70.6 Å². The van der Waals surface area contributed by atoms with E-state index in [1.807, 2.05) is 13.8 Å². The molecule has 64 valence electrons. The Balaban J connectivity index is 3.96. The number of terminal acetylenes is 1. The topological polar surface area (TPSA) is 12.0 Å². The Morgan fingerprint density at radius 3 is 2.00 bits per heavy atom. The van der Waals surface area contributed by atoms with Crippen LogP contribution in [0, 0.1) is 18.3 Å². The fourth-order valence-corrected chi connectivity index (χ4v) is 0.778. The molecule has 0 bridgehead atoms. The molecule has 0 amide bonds. The molecule has 0 saturated heterocycles. The van der Waals surface area contributed by atoms with E-state index in [0.717, 1.165) is 0 Å². The summed E-state index contributed by atoms with van der Waals surface area (Å²) in [7, 11) is 0. The lowest BCUT2D eigenvalue weighted by Gasteiger charge is -2.27. The zero-order chi connectivity index (χ0) is 9.07. The first kappa shape index (κ1) is 10.5. The summed E-state index contributed by atoms with van der Waals surface area (Å²) in [4.78, 5) is 0. The molecule has 0 aromatic heterocycles. The lowest BCUT2D eigenvalue weighted by atomic mass is 10.0. The average Bonchev–Trinajstić information content (AvgIpc) is 1.87. The van der Waals surface area contributed by atoms with Gasteiger partial charge in [0.1, 0.15) is 0 Å². The van der Waals surface area contributed by atoms with Crippen LogP contribution in [0.2, 0.25) is 0 Å². The minimum Gasteiger partial charge on any atom is -0.299 e. The van der Waals surface area contributed by atoms with E-state index >= 15 is 0 Å². The zero-order valence-electron chi connectivity index (χ0n) is 8.23. The molecule has 1 unspecified atom stereocenters. The summed E-state index contributed by atoms with van der Waals surface area (Å²) in [5.74, 6) is 3.34. The van der Waals surface area contributed by atoms with Crippen LogP contribution in [0.1, 0.15) is 34.6 Å². The second-order valence-corrected chi connectivity index (χ2v) is 3.95. The highest BCUT2D eigenvalue weighted by molar-refractivity contribution is 5.08. The third kappa shape index (κ3) is 4.06. The second kappa shape index (κ2) is 3.78. The van der Waals surface area contributed by atoms with Gasteiger partial charge < -0.3 is 0 Å². The van der Waals surface area contributed by atoms with Crippen LogP contribution in [0.5, 0.6) is 0 Å². The molecule has 0 rings (SSSR count). The van der Waals surface area contributed by atoms with Crippen LogP contribution < -0.4 is 5.32 Å². The Bertz CT molecular complexity index is 151. The van der Waals surface area contributed by atoms with Gasteiger partial charge >= 0.3 is 0 Å². The molecule has 11 heavy (non-hydrogen) atoms. The predicted molar refractivity (Wildman–Crippen MR) is 50.3 cm³/mol. The van der Waals surface area contributed by atoms with E-state index in [9.17, 15) is 0 Å². The van der Waals surface area contributed by atoms with Crippen molar-refractivity contribution in [3.05, 3.63) is 0 Å². The van der Waals surface area contributed by atoms with E-state index in [4.69, 9.17) is 6.42 Å². The van der Waals surface area contributed by atoms with Gasteiger partial charge in [0.05, 0.1) is 5.54 Å². The highest BCUT2D eigenvalue weighted by atomic mass is 15.0. The molecule has 0 aliphatic carbocycles. The van der Waals surface area contributed by atoms with Crippen LogP contribution in [-0.2, 0) is 0 Å². The van der Waals surface area contributed by atoms with Crippen molar-refractivity contribution in [3.8, 4) is 12.3 Å². The van der Waals surface area contributed by atoms with E-state index in [0.29, 0.717) is 12.0 Å². The number of hydrogen-bond donors (Lipinski definition) is 1. The summed E-state index contributed by atoms with van der Waals surface area (Å²) >= 11 is 0. The maximum Gasteiger partial charge on any atom is 0.0743 e. The normalized spacial score (nSPS) is 14.6. The van der Waals surface area contributed by atoms with E-state index < -0.39 is 0 Å². The van der Waals surface area contributed by atoms with Gasteiger partial charge in [-0.2, -0.15) is 0 Å². The van der Waals surface area contributed by atoms with Gasteiger partial charge in [-0.3, -0.25) is 5.32 Å². The smallest absolute Gasteiger partial charge is 0.0743 e. The van der Waals surface area contributed by atoms with Gasteiger partial charge in [-0.15, -0.1) is 6.42 Å².